The van der Waals surface area contributed by atoms with Gasteiger partial charge in [0.05, 0.1) is 23.9 Å². The van der Waals surface area contributed by atoms with Gasteiger partial charge in [-0.15, -0.1) is 0 Å². The molecule has 3 rings (SSSR count). The van der Waals surface area contributed by atoms with Crippen molar-refractivity contribution >= 4 is 57.7 Å². The van der Waals surface area contributed by atoms with Crippen LogP contribution in [0.1, 0.15) is 67.1 Å². The van der Waals surface area contributed by atoms with Crippen molar-refractivity contribution < 1.29 is 47.0 Å². The van der Waals surface area contributed by atoms with E-state index in [0.29, 0.717) is 11.1 Å². The molecule has 2 aromatic heterocycles. The van der Waals surface area contributed by atoms with Gasteiger partial charge in [0.15, 0.2) is 22.3 Å². The molecule has 6 atom stereocenters. The predicted octanol–water partition coefficient (Wildman–Crippen LogP) is 4.80. The highest BCUT2D eigenvalue weighted by Crippen LogP contribution is 2.54. The molecule has 6 unspecified atom stereocenters. The van der Waals surface area contributed by atoms with Crippen molar-refractivity contribution in [2.75, 3.05) is 25.1 Å². The average molecular weight is 652 g/mol. The van der Waals surface area contributed by atoms with Gasteiger partial charge < -0.3 is 48.2 Å². The molecule has 0 bridgehead atoms. The van der Waals surface area contributed by atoms with E-state index in [-0.39, 0.29) is 34.3 Å². The standard InChI is InChI=1S/C26H42N3O10PS2/c1-9-40(32,16(12-36-22(41)24(2,3)4)39-23(42(33)34)25(5,6)7)37-11-15-19(30)26(8,31)20(38-15)14-10-35-18-17(14)28-13-29-21(18)27/h10,13,15-16,19-20,30-31,33-34H,9,11-12H2,1-8H3,(H2,27,28,29). The summed E-state index contributed by atoms with van der Waals surface area (Å²) in [7, 11) is -3.80. The maximum Gasteiger partial charge on any atom is 0.234 e. The molecule has 16 heteroatoms. The largest absolute Gasteiger partial charge is 0.483 e. The lowest BCUT2D eigenvalue weighted by Crippen LogP contribution is -2.43. The van der Waals surface area contributed by atoms with E-state index in [1.165, 1.54) is 19.5 Å². The zero-order valence-corrected chi connectivity index (χ0v) is 27.6. The van der Waals surface area contributed by atoms with Crippen molar-refractivity contribution in [3.05, 3.63) is 18.2 Å². The van der Waals surface area contributed by atoms with Gasteiger partial charge in [0.2, 0.25) is 7.37 Å². The normalized spacial score (nSPS) is 25.5. The van der Waals surface area contributed by atoms with E-state index in [0.717, 1.165) is 0 Å². The molecular formula is C26H42N3O10PS2. The number of hydrogen-bond donors (Lipinski definition) is 5. The van der Waals surface area contributed by atoms with E-state index in [2.05, 4.69) is 9.97 Å². The van der Waals surface area contributed by atoms with Gasteiger partial charge in [-0.2, -0.15) is 0 Å². The van der Waals surface area contributed by atoms with Gasteiger partial charge in [0.1, 0.15) is 47.4 Å². The predicted molar refractivity (Wildman–Crippen MR) is 165 cm³/mol. The maximum atomic E-state index is 14.3. The van der Waals surface area contributed by atoms with E-state index in [4.69, 9.17) is 41.1 Å². The lowest BCUT2D eigenvalue weighted by molar-refractivity contribution is -0.0643. The molecule has 0 amide bonds. The number of aromatic nitrogens is 2. The van der Waals surface area contributed by atoms with Crippen molar-refractivity contribution in [2.24, 2.45) is 10.8 Å². The van der Waals surface area contributed by atoms with Crippen LogP contribution in [0.3, 0.4) is 0 Å². The minimum atomic E-state index is -3.80. The SMILES string of the molecule is CCP(=O)(OCC1OC(c2coc3c(N)ncnc23)C(C)(O)C1O)C(COC(=S)C(C)(C)C)OC(=S(O)O)C(C)(C)C. The van der Waals surface area contributed by atoms with Crippen molar-refractivity contribution in [2.45, 2.75) is 85.1 Å². The summed E-state index contributed by atoms with van der Waals surface area (Å²) in [6.45, 7) is 13.0. The lowest BCUT2D eigenvalue weighted by atomic mass is 9.89. The lowest BCUT2D eigenvalue weighted by Gasteiger charge is -2.32. The van der Waals surface area contributed by atoms with Gasteiger partial charge in [0, 0.05) is 22.6 Å². The summed E-state index contributed by atoms with van der Waals surface area (Å²) in [5.41, 5.74) is 3.60. The zero-order valence-electron chi connectivity index (χ0n) is 25.1. The van der Waals surface area contributed by atoms with E-state index >= 15 is 0 Å². The van der Waals surface area contributed by atoms with Crippen LogP contribution >= 0.6 is 30.6 Å². The fraction of sp³-hybridized carbons (Fsp3) is 0.692. The van der Waals surface area contributed by atoms with E-state index in [1.54, 1.807) is 27.7 Å². The number of hydrogen-bond acceptors (Lipinski definition) is 14. The number of thiocarbonyl (C=S) groups is 1. The Balaban J connectivity index is 1.88. The molecule has 2 aromatic rings. The molecule has 3 heterocycles. The first-order chi connectivity index (χ1) is 19.2. The fourth-order valence-corrected chi connectivity index (χ4v) is 6.91. The van der Waals surface area contributed by atoms with Crippen LogP contribution in [-0.4, -0.2) is 82.4 Å². The Bertz CT molecular complexity index is 1360. The molecule has 0 aliphatic carbocycles. The molecule has 0 radical (unpaired) electrons. The Kier molecular flexibility index (Phi) is 10.7. The monoisotopic (exact) mass is 651 g/mol. The van der Waals surface area contributed by atoms with Crippen LogP contribution in [0, 0.1) is 10.8 Å². The Morgan fingerprint density at radius 3 is 2.43 bits per heavy atom. The summed E-state index contributed by atoms with van der Waals surface area (Å²) in [6.07, 6.45) is -1.14. The van der Waals surface area contributed by atoms with Gasteiger partial charge in [-0.3, -0.25) is 4.57 Å². The first-order valence-electron chi connectivity index (χ1n) is 13.3. The van der Waals surface area contributed by atoms with Crippen LogP contribution in [-0.2, 0) is 23.3 Å². The minimum Gasteiger partial charge on any atom is -0.483 e. The number of nitrogens with two attached hydrogens (primary N) is 1. The molecule has 1 aliphatic rings. The number of nitrogen functional groups attached to an aromatic ring is 1. The van der Waals surface area contributed by atoms with Gasteiger partial charge in [-0.1, -0.05) is 48.5 Å². The molecular weight excluding hydrogens is 609 g/mol. The Hall–Kier alpha value is -1.52. The summed E-state index contributed by atoms with van der Waals surface area (Å²) in [5.74, 6) is -1.17. The number of nitrogens with zero attached hydrogens (tertiary/aromatic N) is 2. The Labute approximate surface area is 253 Å². The number of furan rings is 1. The van der Waals surface area contributed by atoms with Crippen LogP contribution < -0.4 is 5.73 Å². The van der Waals surface area contributed by atoms with Gasteiger partial charge in [0.25, 0.3) is 0 Å². The maximum absolute atomic E-state index is 14.3. The summed E-state index contributed by atoms with van der Waals surface area (Å²) in [5, 5.41) is 22.4. The minimum absolute atomic E-state index is 0.0312. The van der Waals surface area contributed by atoms with Gasteiger partial charge in [-0.25, -0.2) is 9.97 Å². The third kappa shape index (κ3) is 7.40. The van der Waals surface area contributed by atoms with Crippen molar-refractivity contribution in [3.63, 3.8) is 0 Å². The molecule has 0 aromatic carbocycles. The van der Waals surface area contributed by atoms with Crippen molar-refractivity contribution in [1.29, 1.82) is 0 Å². The van der Waals surface area contributed by atoms with Crippen LogP contribution in [0.15, 0.2) is 17.0 Å². The highest BCUT2D eigenvalue weighted by molar-refractivity contribution is 8.05. The molecule has 0 spiro atoms. The number of ether oxygens (including phenoxy) is 3. The highest BCUT2D eigenvalue weighted by Gasteiger charge is 2.54. The first-order valence-corrected chi connectivity index (χ1v) is 16.8. The molecule has 13 nitrogen and oxygen atoms in total. The molecule has 42 heavy (non-hydrogen) atoms. The van der Waals surface area contributed by atoms with Crippen molar-refractivity contribution in [3.8, 4) is 0 Å². The van der Waals surface area contributed by atoms with E-state index < -0.39 is 65.6 Å². The Morgan fingerprint density at radius 1 is 1.24 bits per heavy atom. The Morgan fingerprint density at radius 2 is 1.88 bits per heavy atom. The highest BCUT2D eigenvalue weighted by atomic mass is 32.2. The zero-order chi connectivity index (χ0) is 31.8. The fourth-order valence-electron chi connectivity index (χ4n) is 4.30. The number of aliphatic hydroxyl groups is 2. The summed E-state index contributed by atoms with van der Waals surface area (Å²) in [4.78, 5) is 8.07. The third-order valence-electron chi connectivity index (χ3n) is 6.81. The topological polar surface area (TPSA) is 200 Å². The quantitative estimate of drug-likeness (QED) is 0.183. The van der Waals surface area contributed by atoms with Crippen LogP contribution in [0.4, 0.5) is 5.82 Å². The molecule has 1 aliphatic heterocycles. The van der Waals surface area contributed by atoms with Crippen LogP contribution in [0.2, 0.25) is 0 Å². The molecule has 1 saturated heterocycles. The van der Waals surface area contributed by atoms with Gasteiger partial charge in [-0.05, 0) is 19.1 Å². The second-order valence-electron chi connectivity index (χ2n) is 12.4. The van der Waals surface area contributed by atoms with E-state index in [1.807, 2.05) is 20.8 Å². The summed E-state index contributed by atoms with van der Waals surface area (Å²) in [6, 6.07) is 0. The molecule has 0 saturated carbocycles. The van der Waals surface area contributed by atoms with Gasteiger partial charge >= 0.3 is 0 Å². The third-order valence-corrected chi connectivity index (χ3v) is 11.2. The van der Waals surface area contributed by atoms with Crippen molar-refractivity contribution in [1.82, 2.24) is 9.97 Å². The average Bonchev–Trinajstić information content (AvgIpc) is 3.40. The first kappa shape index (κ1) is 35.0. The number of rotatable bonds is 9. The smallest absolute Gasteiger partial charge is 0.234 e. The van der Waals surface area contributed by atoms with Crippen LogP contribution in [0.25, 0.3) is 11.1 Å². The number of fused-ring (bicyclic) bond motifs is 1. The summed E-state index contributed by atoms with van der Waals surface area (Å²) >= 11 is 3.11. The molecule has 6 N–H and O–H groups in total. The number of aliphatic hydroxyl groups excluding tert-OH is 1. The molecule has 1 fully saturated rings. The summed E-state index contributed by atoms with van der Waals surface area (Å²) < 4.78 is 63.6. The second kappa shape index (κ2) is 12.8. The van der Waals surface area contributed by atoms with E-state index in [9.17, 15) is 23.9 Å². The second-order valence-corrected chi connectivity index (χ2v) is 16.6. The number of anilines is 1. The van der Waals surface area contributed by atoms with Crippen LogP contribution in [0.5, 0.6) is 0 Å². The molecule has 238 valence electrons.